The Kier molecular flexibility index (Phi) is 5.55. The van der Waals surface area contributed by atoms with Gasteiger partial charge in [-0.05, 0) is 5.56 Å². The summed E-state index contributed by atoms with van der Waals surface area (Å²) < 4.78 is 21.5. The summed E-state index contributed by atoms with van der Waals surface area (Å²) in [5, 5.41) is 0.888. The summed E-state index contributed by atoms with van der Waals surface area (Å²) >= 11 is 2.50. The van der Waals surface area contributed by atoms with E-state index in [1.165, 1.54) is 32.1 Å². The van der Waals surface area contributed by atoms with Gasteiger partial charge in [-0.1, -0.05) is 11.8 Å². The predicted molar refractivity (Wildman–Crippen MR) is 105 cm³/mol. The van der Waals surface area contributed by atoms with Crippen LogP contribution in [0.25, 0.3) is 10.2 Å². The largest absolute Gasteiger partial charge is 0.463 e. The van der Waals surface area contributed by atoms with Crippen LogP contribution in [0.2, 0.25) is 0 Å². The Balaban J connectivity index is 1.60. The molecule has 1 saturated heterocycles. The minimum atomic E-state index is -0.988. The molecular weight excluding hydrogens is 436 g/mol. The molecule has 2 aromatic rings. The van der Waals surface area contributed by atoms with Crippen LogP contribution in [0.15, 0.2) is 9.95 Å². The van der Waals surface area contributed by atoms with Crippen molar-refractivity contribution in [3.8, 4) is 0 Å². The summed E-state index contributed by atoms with van der Waals surface area (Å²) in [5.41, 5.74) is -0.0552. The molecule has 1 aliphatic carbocycles. The molecule has 1 aliphatic heterocycles. The number of carbonyl (C=O) groups excluding carboxylic acids is 3. The number of ether oxygens (including phenoxy) is 4. The van der Waals surface area contributed by atoms with E-state index in [4.69, 9.17) is 18.9 Å². The van der Waals surface area contributed by atoms with Crippen LogP contribution in [-0.2, 0) is 39.8 Å². The molecule has 0 amide bonds. The highest BCUT2D eigenvalue weighted by atomic mass is 32.2. The molecule has 0 saturated carbocycles. The molecular formula is C18H18N2O8S2. The summed E-state index contributed by atoms with van der Waals surface area (Å²) in [6.45, 7) is 3.48. The van der Waals surface area contributed by atoms with Gasteiger partial charge in [-0.3, -0.25) is 19.2 Å². The van der Waals surface area contributed by atoms with Gasteiger partial charge in [0.15, 0.2) is 22.8 Å². The minimum Gasteiger partial charge on any atom is -0.463 e. The summed E-state index contributed by atoms with van der Waals surface area (Å²) in [6, 6.07) is 0. The lowest BCUT2D eigenvalue weighted by Crippen LogP contribution is -2.40. The van der Waals surface area contributed by atoms with E-state index in [9.17, 15) is 19.2 Å². The first-order chi connectivity index (χ1) is 14.2. The summed E-state index contributed by atoms with van der Waals surface area (Å²) in [5.74, 6) is -1.73. The average Bonchev–Trinajstić information content (AvgIpc) is 3.19. The van der Waals surface area contributed by atoms with E-state index in [-0.39, 0.29) is 17.3 Å². The molecule has 160 valence electrons. The van der Waals surface area contributed by atoms with Crippen molar-refractivity contribution in [2.24, 2.45) is 0 Å². The van der Waals surface area contributed by atoms with Gasteiger partial charge in [-0.2, -0.15) is 0 Å². The molecule has 30 heavy (non-hydrogen) atoms. The number of nitrogens with zero attached hydrogens (tertiary/aromatic N) is 1. The predicted octanol–water partition coefficient (Wildman–Crippen LogP) is 1.13. The molecule has 0 bridgehead atoms. The number of aromatic nitrogens is 2. The molecule has 12 heteroatoms. The third-order valence-corrected chi connectivity index (χ3v) is 6.64. The Morgan fingerprint density at radius 3 is 2.53 bits per heavy atom. The van der Waals surface area contributed by atoms with Crippen LogP contribution in [0.3, 0.4) is 0 Å². The Labute approximate surface area is 178 Å². The second-order valence-corrected chi connectivity index (χ2v) is 9.01. The fourth-order valence-corrected chi connectivity index (χ4v) is 5.51. The monoisotopic (exact) mass is 454 g/mol. The SMILES string of the molecule is CC(=O)OCC1OC(Sc2nc3sc4c(c3c(=O)[nH]2)C4)C(OC(C)=O)C1OC(C)=O. The highest BCUT2D eigenvalue weighted by Crippen LogP contribution is 2.42. The highest BCUT2D eigenvalue weighted by Gasteiger charge is 2.50. The lowest BCUT2D eigenvalue weighted by molar-refractivity contribution is -0.165. The van der Waals surface area contributed by atoms with Gasteiger partial charge in [0.2, 0.25) is 0 Å². The van der Waals surface area contributed by atoms with Crippen molar-refractivity contribution < 1.29 is 33.3 Å². The van der Waals surface area contributed by atoms with Crippen molar-refractivity contribution >= 4 is 51.2 Å². The van der Waals surface area contributed by atoms with Crippen molar-refractivity contribution in [1.82, 2.24) is 9.97 Å². The van der Waals surface area contributed by atoms with Crippen LogP contribution in [0, 0.1) is 0 Å². The lowest BCUT2D eigenvalue weighted by atomic mass is 10.1. The van der Waals surface area contributed by atoms with Crippen LogP contribution in [0.5, 0.6) is 0 Å². The Morgan fingerprint density at radius 1 is 1.17 bits per heavy atom. The number of fused-ring (bicyclic) bond motifs is 3. The minimum absolute atomic E-state index is 0.192. The van der Waals surface area contributed by atoms with Gasteiger partial charge in [-0.15, -0.1) is 11.3 Å². The number of carbonyl (C=O) groups is 3. The molecule has 0 spiro atoms. The Morgan fingerprint density at radius 2 is 1.87 bits per heavy atom. The molecule has 2 aliphatic rings. The Hall–Kier alpha value is -2.44. The maximum absolute atomic E-state index is 12.4. The number of thioether (sulfide) groups is 1. The highest BCUT2D eigenvalue weighted by molar-refractivity contribution is 7.99. The van der Waals surface area contributed by atoms with E-state index in [2.05, 4.69) is 9.97 Å². The summed E-state index contributed by atoms with van der Waals surface area (Å²) in [6.07, 6.45) is -2.00. The first-order valence-electron chi connectivity index (χ1n) is 9.07. The van der Waals surface area contributed by atoms with E-state index in [0.717, 1.165) is 28.6 Å². The third-order valence-electron chi connectivity index (χ3n) is 4.49. The molecule has 3 heterocycles. The van der Waals surface area contributed by atoms with Crippen molar-refractivity contribution in [2.45, 2.75) is 56.1 Å². The molecule has 4 atom stereocenters. The third kappa shape index (κ3) is 4.20. The molecule has 2 aromatic heterocycles. The van der Waals surface area contributed by atoms with Crippen molar-refractivity contribution in [2.75, 3.05) is 6.61 Å². The van der Waals surface area contributed by atoms with Gasteiger partial charge in [-0.25, -0.2) is 4.98 Å². The molecule has 0 radical (unpaired) electrons. The zero-order valence-corrected chi connectivity index (χ0v) is 17.9. The number of hydrogen-bond donors (Lipinski definition) is 1. The number of nitrogens with one attached hydrogen (secondary N) is 1. The summed E-state index contributed by atoms with van der Waals surface area (Å²) in [7, 11) is 0. The zero-order valence-electron chi connectivity index (χ0n) is 16.3. The van der Waals surface area contributed by atoms with Crippen molar-refractivity contribution in [1.29, 1.82) is 0 Å². The first-order valence-corrected chi connectivity index (χ1v) is 10.8. The number of H-pyrrole nitrogens is 1. The molecule has 1 N–H and O–H groups in total. The van der Waals surface area contributed by atoms with E-state index >= 15 is 0 Å². The van der Waals surface area contributed by atoms with Crippen LogP contribution >= 0.6 is 23.1 Å². The quantitative estimate of drug-likeness (QED) is 0.328. The standard InChI is InChI=1S/C18H18N2O8S2/c1-6(21)25-5-10-13(26-7(2)22)14(27-8(3)23)17(28-10)30-18-19-15(24)12-9-4-11(9)29-16(12)20-18/h10,13-14,17H,4-5H2,1-3H3,(H,19,20,24). The van der Waals surface area contributed by atoms with Gasteiger partial charge in [0.1, 0.15) is 17.5 Å². The second-order valence-electron chi connectivity index (χ2n) is 6.84. The fraction of sp³-hybridized carbons (Fsp3) is 0.500. The second kappa shape index (κ2) is 8.00. The van der Waals surface area contributed by atoms with Gasteiger partial charge < -0.3 is 23.9 Å². The van der Waals surface area contributed by atoms with Crippen LogP contribution in [-0.4, -0.2) is 58.2 Å². The average molecular weight is 454 g/mol. The maximum atomic E-state index is 12.4. The van der Waals surface area contributed by atoms with Crippen molar-refractivity contribution in [3.05, 3.63) is 20.8 Å². The molecule has 4 rings (SSSR count). The molecule has 1 fully saturated rings. The van der Waals surface area contributed by atoms with E-state index in [0.29, 0.717) is 10.2 Å². The van der Waals surface area contributed by atoms with Gasteiger partial charge in [0.05, 0.1) is 5.39 Å². The van der Waals surface area contributed by atoms with Crippen LogP contribution in [0.4, 0.5) is 0 Å². The fourth-order valence-electron chi connectivity index (χ4n) is 3.27. The number of aromatic amines is 1. The smallest absolute Gasteiger partial charge is 0.303 e. The normalized spacial score (nSPS) is 24.4. The van der Waals surface area contributed by atoms with Crippen LogP contribution < -0.4 is 5.56 Å². The van der Waals surface area contributed by atoms with E-state index < -0.39 is 41.7 Å². The van der Waals surface area contributed by atoms with Gasteiger partial charge >= 0.3 is 17.9 Å². The topological polar surface area (TPSA) is 134 Å². The first kappa shape index (κ1) is 20.8. The van der Waals surface area contributed by atoms with E-state index in [1.807, 2.05) is 0 Å². The van der Waals surface area contributed by atoms with E-state index in [1.54, 1.807) is 0 Å². The summed E-state index contributed by atoms with van der Waals surface area (Å²) in [4.78, 5) is 55.9. The number of hydrogen-bond acceptors (Lipinski definition) is 11. The zero-order chi connectivity index (χ0) is 21.6. The molecule has 0 aromatic carbocycles. The number of rotatable bonds is 6. The van der Waals surface area contributed by atoms with Gasteiger partial charge in [0.25, 0.3) is 5.56 Å². The Bertz CT molecular complexity index is 1090. The molecule has 4 unspecified atom stereocenters. The van der Waals surface area contributed by atoms with Crippen molar-refractivity contribution in [3.63, 3.8) is 0 Å². The van der Waals surface area contributed by atoms with Crippen LogP contribution in [0.1, 0.15) is 31.2 Å². The number of thiophene rings is 1. The molecule has 10 nitrogen and oxygen atoms in total. The lowest BCUT2D eigenvalue weighted by Gasteiger charge is -2.23. The maximum Gasteiger partial charge on any atom is 0.303 e. The van der Waals surface area contributed by atoms with Gasteiger partial charge in [0, 0.05) is 32.1 Å². The number of esters is 3.